The first-order valence-electron chi connectivity index (χ1n) is 7.37. The highest BCUT2D eigenvalue weighted by atomic mass is 16.2. The lowest BCUT2D eigenvalue weighted by Gasteiger charge is -2.24. The number of amides is 1. The van der Waals surface area contributed by atoms with Crippen LogP contribution in [0.15, 0.2) is 6.20 Å². The maximum absolute atomic E-state index is 12.2. The van der Waals surface area contributed by atoms with E-state index in [2.05, 4.69) is 15.1 Å². The van der Waals surface area contributed by atoms with Gasteiger partial charge in [0.05, 0.1) is 18.1 Å². The second-order valence-electron chi connectivity index (χ2n) is 5.51. The van der Waals surface area contributed by atoms with Crippen LogP contribution in [0.5, 0.6) is 0 Å². The minimum Gasteiger partial charge on any atom is -0.383 e. The van der Waals surface area contributed by atoms with Crippen LogP contribution in [-0.2, 0) is 18.4 Å². The Morgan fingerprint density at radius 3 is 2.90 bits per heavy atom. The first kappa shape index (κ1) is 13.8. The Morgan fingerprint density at radius 1 is 1.24 bits per heavy atom. The molecule has 0 aromatic carbocycles. The van der Waals surface area contributed by atoms with Crippen molar-refractivity contribution in [3.05, 3.63) is 12.0 Å². The number of carbonyl (C=O) groups is 1. The van der Waals surface area contributed by atoms with Gasteiger partial charge in [0.25, 0.3) is 0 Å². The van der Waals surface area contributed by atoms with Crippen molar-refractivity contribution in [3.8, 4) is 0 Å². The smallest absolute Gasteiger partial charge is 0.222 e. The fraction of sp³-hybridized carbons (Fsp3) is 0.571. The van der Waals surface area contributed by atoms with Crippen LogP contribution in [0.3, 0.4) is 0 Å². The molecule has 3 heterocycles. The molecule has 2 N–H and O–H groups in total. The van der Waals surface area contributed by atoms with Crippen molar-refractivity contribution in [2.24, 2.45) is 7.05 Å². The molecule has 112 valence electrons. The zero-order chi connectivity index (χ0) is 14.8. The SMILES string of the molecule is Cn1ncc2c(N)nc(CN3CCCCCCC3=O)nc21. The van der Waals surface area contributed by atoms with Gasteiger partial charge in [0.15, 0.2) is 11.5 Å². The molecule has 3 rings (SSSR count). The van der Waals surface area contributed by atoms with Gasteiger partial charge in [-0.3, -0.25) is 9.48 Å². The monoisotopic (exact) mass is 288 g/mol. The fourth-order valence-corrected chi connectivity index (χ4v) is 2.71. The molecule has 1 fully saturated rings. The lowest BCUT2D eigenvalue weighted by Crippen LogP contribution is -2.33. The summed E-state index contributed by atoms with van der Waals surface area (Å²) < 4.78 is 1.67. The predicted molar refractivity (Wildman–Crippen MR) is 79.2 cm³/mol. The maximum Gasteiger partial charge on any atom is 0.222 e. The maximum atomic E-state index is 12.2. The van der Waals surface area contributed by atoms with Crippen molar-refractivity contribution in [1.29, 1.82) is 0 Å². The van der Waals surface area contributed by atoms with Crippen LogP contribution in [0.4, 0.5) is 5.82 Å². The van der Waals surface area contributed by atoms with Crippen LogP contribution in [0, 0.1) is 0 Å². The van der Waals surface area contributed by atoms with Gasteiger partial charge in [0.1, 0.15) is 5.82 Å². The summed E-state index contributed by atoms with van der Waals surface area (Å²) in [5, 5.41) is 4.89. The predicted octanol–water partition coefficient (Wildman–Crippen LogP) is 1.24. The summed E-state index contributed by atoms with van der Waals surface area (Å²) in [6.07, 6.45) is 6.60. The first-order valence-corrected chi connectivity index (χ1v) is 7.37. The third kappa shape index (κ3) is 2.81. The zero-order valence-corrected chi connectivity index (χ0v) is 12.2. The highest BCUT2D eigenvalue weighted by Gasteiger charge is 2.18. The van der Waals surface area contributed by atoms with Gasteiger partial charge in [0, 0.05) is 20.0 Å². The molecule has 0 saturated carbocycles. The lowest BCUT2D eigenvalue weighted by atomic mass is 10.1. The Kier molecular flexibility index (Phi) is 3.72. The summed E-state index contributed by atoms with van der Waals surface area (Å²) in [6.45, 7) is 1.19. The van der Waals surface area contributed by atoms with Crippen molar-refractivity contribution >= 4 is 22.8 Å². The molecule has 0 bridgehead atoms. The standard InChI is InChI=1S/C14H20N6O/c1-19-14-10(8-16-19)13(15)17-11(18-14)9-20-7-5-3-2-4-6-12(20)21/h8H,2-7,9H2,1H3,(H2,15,17,18). The molecular weight excluding hydrogens is 268 g/mol. The molecule has 1 saturated heterocycles. The molecular formula is C14H20N6O. The van der Waals surface area contributed by atoms with Gasteiger partial charge in [-0.1, -0.05) is 12.8 Å². The van der Waals surface area contributed by atoms with Gasteiger partial charge in [-0.25, -0.2) is 9.97 Å². The van der Waals surface area contributed by atoms with E-state index in [1.54, 1.807) is 10.9 Å². The molecule has 7 heteroatoms. The van der Waals surface area contributed by atoms with Crippen LogP contribution >= 0.6 is 0 Å². The number of aromatic nitrogens is 4. The summed E-state index contributed by atoms with van der Waals surface area (Å²) >= 11 is 0. The molecule has 0 unspecified atom stereocenters. The number of nitrogens with zero attached hydrogens (tertiary/aromatic N) is 5. The summed E-state index contributed by atoms with van der Waals surface area (Å²) in [7, 11) is 1.82. The lowest BCUT2D eigenvalue weighted by molar-refractivity contribution is -0.132. The molecule has 7 nitrogen and oxygen atoms in total. The molecule has 0 radical (unpaired) electrons. The van der Waals surface area contributed by atoms with E-state index in [0.717, 1.165) is 31.2 Å². The number of carbonyl (C=O) groups excluding carboxylic acids is 1. The quantitative estimate of drug-likeness (QED) is 0.898. The Balaban J connectivity index is 1.86. The van der Waals surface area contributed by atoms with Crippen molar-refractivity contribution < 1.29 is 4.79 Å². The van der Waals surface area contributed by atoms with Crippen LogP contribution in [0.2, 0.25) is 0 Å². The number of aryl methyl sites for hydroxylation is 1. The van der Waals surface area contributed by atoms with Crippen LogP contribution in [0.25, 0.3) is 11.0 Å². The van der Waals surface area contributed by atoms with Gasteiger partial charge in [-0.15, -0.1) is 0 Å². The highest BCUT2D eigenvalue weighted by molar-refractivity contribution is 5.85. The van der Waals surface area contributed by atoms with Crippen molar-refractivity contribution in [2.45, 2.75) is 38.6 Å². The van der Waals surface area contributed by atoms with Gasteiger partial charge >= 0.3 is 0 Å². The Labute approximate surface area is 123 Å². The van der Waals surface area contributed by atoms with Crippen molar-refractivity contribution in [3.63, 3.8) is 0 Å². The van der Waals surface area contributed by atoms with E-state index in [4.69, 9.17) is 5.73 Å². The topological polar surface area (TPSA) is 89.9 Å². The third-order valence-electron chi connectivity index (χ3n) is 3.92. The second kappa shape index (κ2) is 5.67. The van der Waals surface area contributed by atoms with E-state index in [9.17, 15) is 4.79 Å². The number of likely N-dealkylation sites (tertiary alicyclic amines) is 1. The number of nitrogens with two attached hydrogens (primary N) is 1. The first-order chi connectivity index (χ1) is 10.1. The Morgan fingerprint density at radius 2 is 2.05 bits per heavy atom. The number of rotatable bonds is 2. The van der Waals surface area contributed by atoms with Gasteiger partial charge in [-0.05, 0) is 12.8 Å². The molecule has 1 amide bonds. The number of hydrogen-bond acceptors (Lipinski definition) is 5. The number of anilines is 1. The summed E-state index contributed by atoms with van der Waals surface area (Å²) in [5.41, 5.74) is 6.66. The van der Waals surface area contributed by atoms with Crippen LogP contribution in [0.1, 0.15) is 37.9 Å². The molecule has 21 heavy (non-hydrogen) atoms. The number of fused-ring (bicyclic) bond motifs is 1. The van der Waals surface area contributed by atoms with Gasteiger partial charge in [0.2, 0.25) is 5.91 Å². The van der Waals surface area contributed by atoms with Crippen molar-refractivity contribution in [2.75, 3.05) is 12.3 Å². The second-order valence-corrected chi connectivity index (χ2v) is 5.51. The summed E-state index contributed by atoms with van der Waals surface area (Å²) in [5.74, 6) is 1.18. The molecule has 0 atom stereocenters. The van der Waals surface area contributed by atoms with Crippen LogP contribution < -0.4 is 5.73 Å². The van der Waals surface area contributed by atoms with Crippen LogP contribution in [-0.4, -0.2) is 37.1 Å². The largest absolute Gasteiger partial charge is 0.383 e. The minimum atomic E-state index is 0.182. The number of nitrogen functional groups attached to an aromatic ring is 1. The van der Waals surface area contributed by atoms with E-state index >= 15 is 0 Å². The van der Waals surface area contributed by atoms with Gasteiger partial charge < -0.3 is 10.6 Å². The average Bonchev–Trinajstić information content (AvgIpc) is 2.81. The minimum absolute atomic E-state index is 0.182. The van der Waals surface area contributed by atoms with E-state index in [1.807, 2.05) is 11.9 Å². The van der Waals surface area contributed by atoms with E-state index in [1.165, 1.54) is 6.42 Å². The number of hydrogen-bond donors (Lipinski definition) is 1. The molecule has 1 aliphatic heterocycles. The Bertz CT molecular complexity index is 665. The van der Waals surface area contributed by atoms with E-state index < -0.39 is 0 Å². The van der Waals surface area contributed by atoms with E-state index in [-0.39, 0.29) is 5.91 Å². The molecule has 2 aromatic heterocycles. The normalized spacial score (nSPS) is 17.0. The summed E-state index contributed by atoms with van der Waals surface area (Å²) in [4.78, 5) is 22.8. The Hall–Kier alpha value is -2.18. The molecule has 2 aromatic rings. The fourth-order valence-electron chi connectivity index (χ4n) is 2.71. The highest BCUT2D eigenvalue weighted by Crippen LogP contribution is 2.18. The average molecular weight is 288 g/mol. The summed E-state index contributed by atoms with van der Waals surface area (Å²) in [6, 6.07) is 0. The third-order valence-corrected chi connectivity index (χ3v) is 3.92. The molecule has 1 aliphatic rings. The van der Waals surface area contributed by atoms with Gasteiger partial charge in [-0.2, -0.15) is 5.10 Å². The molecule has 0 aliphatic carbocycles. The molecule has 0 spiro atoms. The van der Waals surface area contributed by atoms with E-state index in [0.29, 0.717) is 30.3 Å². The zero-order valence-electron chi connectivity index (χ0n) is 12.2. The van der Waals surface area contributed by atoms with Crippen molar-refractivity contribution in [1.82, 2.24) is 24.6 Å².